The number of aliphatic carboxylic acids is 1. The van der Waals surface area contributed by atoms with Gasteiger partial charge in [0.05, 0.1) is 23.4 Å². The molecule has 1 atom stereocenters. The van der Waals surface area contributed by atoms with Gasteiger partial charge in [-0.15, -0.1) is 0 Å². The lowest BCUT2D eigenvalue weighted by Crippen LogP contribution is -2.22. The Morgan fingerprint density at radius 1 is 1.20 bits per heavy atom. The lowest BCUT2D eigenvalue weighted by molar-refractivity contribution is -0.144. The average molecular weight is 362 g/mol. The van der Waals surface area contributed by atoms with E-state index in [1.807, 2.05) is 0 Å². The van der Waals surface area contributed by atoms with Crippen molar-refractivity contribution in [3.63, 3.8) is 0 Å². The number of aliphatic imine (C=N–C) groups is 1. The van der Waals surface area contributed by atoms with Crippen LogP contribution in [0.3, 0.4) is 0 Å². The molecule has 0 saturated heterocycles. The van der Waals surface area contributed by atoms with Crippen molar-refractivity contribution in [3.8, 4) is 5.75 Å². The minimum Gasteiger partial charge on any atom is -0.479 e. The van der Waals surface area contributed by atoms with Crippen molar-refractivity contribution in [2.24, 2.45) is 4.99 Å². The predicted molar refractivity (Wildman–Crippen MR) is 94.2 cm³/mol. The van der Waals surface area contributed by atoms with Crippen molar-refractivity contribution < 1.29 is 24.2 Å². The van der Waals surface area contributed by atoms with Crippen molar-refractivity contribution in [3.05, 3.63) is 58.6 Å². The third-order valence-electron chi connectivity index (χ3n) is 3.26. The van der Waals surface area contributed by atoms with Gasteiger partial charge in [0.25, 0.3) is 0 Å². The Hall–Kier alpha value is -2.86. The summed E-state index contributed by atoms with van der Waals surface area (Å²) >= 11 is 5.96. The Morgan fingerprint density at radius 3 is 2.48 bits per heavy atom. The van der Waals surface area contributed by atoms with E-state index in [0.29, 0.717) is 16.5 Å². The van der Waals surface area contributed by atoms with E-state index in [0.717, 1.165) is 5.56 Å². The van der Waals surface area contributed by atoms with Crippen LogP contribution in [-0.2, 0) is 9.53 Å². The molecule has 0 amide bonds. The highest BCUT2D eigenvalue weighted by atomic mass is 35.5. The fourth-order valence-electron chi connectivity index (χ4n) is 1.90. The number of hydrogen-bond acceptors (Lipinski definition) is 5. The molecule has 0 aromatic heterocycles. The number of ether oxygens (including phenoxy) is 2. The van der Waals surface area contributed by atoms with E-state index in [1.165, 1.54) is 20.1 Å². The van der Waals surface area contributed by atoms with Gasteiger partial charge in [0.1, 0.15) is 5.75 Å². The Morgan fingerprint density at radius 2 is 1.88 bits per heavy atom. The zero-order valence-electron chi connectivity index (χ0n) is 13.6. The standard InChI is InChI=1S/C18H16ClNO5/c1-11(17(21)22)25-14-6-3-12(4-7-14)10-20-13-5-8-16(19)15(9-13)18(23)24-2/h3-11H,1-2H3,(H,21,22)/t11-/m0/s1. The molecule has 0 radical (unpaired) electrons. The van der Waals surface area contributed by atoms with Gasteiger partial charge < -0.3 is 14.6 Å². The summed E-state index contributed by atoms with van der Waals surface area (Å²) < 4.78 is 9.92. The van der Waals surface area contributed by atoms with Gasteiger partial charge in [0.2, 0.25) is 0 Å². The minimum absolute atomic E-state index is 0.241. The van der Waals surface area contributed by atoms with E-state index in [9.17, 15) is 9.59 Å². The van der Waals surface area contributed by atoms with E-state index < -0.39 is 18.0 Å². The first kappa shape index (κ1) is 18.5. The zero-order chi connectivity index (χ0) is 18.4. The van der Waals surface area contributed by atoms with Crippen molar-refractivity contribution in [2.45, 2.75) is 13.0 Å². The van der Waals surface area contributed by atoms with Crippen LogP contribution in [0.1, 0.15) is 22.8 Å². The normalized spacial score (nSPS) is 12.0. The van der Waals surface area contributed by atoms with Gasteiger partial charge in [-0.05, 0) is 55.0 Å². The van der Waals surface area contributed by atoms with Crippen LogP contribution in [0.5, 0.6) is 5.75 Å². The zero-order valence-corrected chi connectivity index (χ0v) is 14.4. The van der Waals surface area contributed by atoms with Gasteiger partial charge in [-0.3, -0.25) is 4.99 Å². The topological polar surface area (TPSA) is 85.2 Å². The summed E-state index contributed by atoms with van der Waals surface area (Å²) in [5, 5.41) is 9.11. The minimum atomic E-state index is -1.03. The fourth-order valence-corrected chi connectivity index (χ4v) is 2.09. The first-order chi connectivity index (χ1) is 11.9. The number of methoxy groups -OCH3 is 1. The largest absolute Gasteiger partial charge is 0.479 e. The number of nitrogens with zero attached hydrogens (tertiary/aromatic N) is 1. The molecule has 130 valence electrons. The number of esters is 1. The molecular weight excluding hydrogens is 346 g/mol. The first-order valence-electron chi connectivity index (χ1n) is 7.32. The van der Waals surface area contributed by atoms with Gasteiger partial charge >= 0.3 is 11.9 Å². The molecule has 0 heterocycles. The lowest BCUT2D eigenvalue weighted by atomic mass is 10.2. The number of hydrogen-bond donors (Lipinski definition) is 1. The molecule has 0 saturated carbocycles. The van der Waals surface area contributed by atoms with E-state index in [4.69, 9.17) is 21.4 Å². The molecule has 0 unspecified atom stereocenters. The average Bonchev–Trinajstić information content (AvgIpc) is 2.61. The summed E-state index contributed by atoms with van der Waals surface area (Å²) in [6, 6.07) is 11.6. The molecule has 6 nitrogen and oxygen atoms in total. The Kier molecular flexibility index (Phi) is 6.14. The van der Waals surface area contributed by atoms with Crippen LogP contribution in [0.4, 0.5) is 5.69 Å². The molecule has 25 heavy (non-hydrogen) atoms. The Labute approximate surface area is 149 Å². The van der Waals surface area contributed by atoms with Crippen LogP contribution in [0.15, 0.2) is 47.5 Å². The number of carboxylic acids is 1. The van der Waals surface area contributed by atoms with E-state index in [-0.39, 0.29) is 5.56 Å². The monoisotopic (exact) mass is 361 g/mol. The van der Waals surface area contributed by atoms with Crippen LogP contribution < -0.4 is 4.74 Å². The van der Waals surface area contributed by atoms with Crippen molar-refractivity contribution in [1.29, 1.82) is 0 Å². The quantitative estimate of drug-likeness (QED) is 0.626. The van der Waals surface area contributed by atoms with Crippen molar-refractivity contribution >= 4 is 35.4 Å². The molecule has 0 bridgehead atoms. The van der Waals surface area contributed by atoms with E-state index >= 15 is 0 Å². The van der Waals surface area contributed by atoms with Gasteiger partial charge in [-0.1, -0.05) is 11.6 Å². The van der Waals surface area contributed by atoms with Gasteiger partial charge in [-0.2, -0.15) is 0 Å². The molecule has 2 rings (SSSR count). The van der Waals surface area contributed by atoms with E-state index in [2.05, 4.69) is 9.73 Å². The Balaban J connectivity index is 2.12. The second-order valence-electron chi connectivity index (χ2n) is 5.08. The molecule has 0 aliphatic heterocycles. The van der Waals surface area contributed by atoms with Crippen molar-refractivity contribution in [1.82, 2.24) is 0 Å². The molecule has 1 N–H and O–H groups in total. The summed E-state index contributed by atoms with van der Waals surface area (Å²) in [6.45, 7) is 1.46. The Bertz CT molecular complexity index is 802. The molecule has 7 heteroatoms. The maximum absolute atomic E-state index is 11.6. The molecule has 2 aromatic rings. The smallest absolute Gasteiger partial charge is 0.344 e. The van der Waals surface area contributed by atoms with Gasteiger partial charge in [0, 0.05) is 6.21 Å². The third kappa shape index (κ3) is 5.06. The maximum atomic E-state index is 11.6. The van der Waals surface area contributed by atoms with Gasteiger partial charge in [-0.25, -0.2) is 9.59 Å². The SMILES string of the molecule is COC(=O)c1cc(N=Cc2ccc(O[C@@H](C)C(=O)O)cc2)ccc1Cl. The molecule has 0 fully saturated rings. The molecule has 0 aliphatic rings. The highest BCUT2D eigenvalue weighted by Gasteiger charge is 2.12. The third-order valence-corrected chi connectivity index (χ3v) is 3.59. The highest BCUT2D eigenvalue weighted by molar-refractivity contribution is 6.33. The fraction of sp³-hybridized carbons (Fsp3) is 0.167. The summed E-state index contributed by atoms with van der Waals surface area (Å²) in [5.74, 6) is -1.11. The van der Waals surface area contributed by atoms with Crippen LogP contribution in [0.2, 0.25) is 5.02 Å². The van der Waals surface area contributed by atoms with Crippen LogP contribution in [-0.4, -0.2) is 36.5 Å². The molecular formula is C18H16ClNO5. The molecule has 0 aliphatic carbocycles. The van der Waals surface area contributed by atoms with Crippen LogP contribution in [0, 0.1) is 0 Å². The number of carbonyl (C=O) groups is 2. The summed E-state index contributed by atoms with van der Waals surface area (Å²) in [6.07, 6.45) is 0.680. The van der Waals surface area contributed by atoms with Crippen molar-refractivity contribution in [2.75, 3.05) is 7.11 Å². The predicted octanol–water partition coefficient (Wildman–Crippen LogP) is 3.73. The highest BCUT2D eigenvalue weighted by Crippen LogP contribution is 2.23. The van der Waals surface area contributed by atoms with E-state index in [1.54, 1.807) is 42.6 Å². The maximum Gasteiger partial charge on any atom is 0.344 e. The number of rotatable bonds is 6. The number of carbonyl (C=O) groups excluding carboxylic acids is 1. The summed E-state index contributed by atoms with van der Waals surface area (Å²) in [4.78, 5) is 26.7. The van der Waals surface area contributed by atoms with Crippen LogP contribution >= 0.6 is 11.6 Å². The number of carboxylic acid groups (broad SMARTS) is 1. The summed E-state index contributed by atoms with van der Waals surface area (Å²) in [7, 11) is 1.28. The second-order valence-corrected chi connectivity index (χ2v) is 5.49. The number of halogens is 1. The molecule has 2 aromatic carbocycles. The number of benzene rings is 2. The van der Waals surface area contributed by atoms with Gasteiger partial charge in [0.15, 0.2) is 6.10 Å². The van der Waals surface area contributed by atoms with Crippen LogP contribution in [0.25, 0.3) is 0 Å². The lowest BCUT2D eigenvalue weighted by Gasteiger charge is -2.09. The first-order valence-corrected chi connectivity index (χ1v) is 7.70. The molecule has 0 spiro atoms. The second kappa shape index (κ2) is 8.30. The summed E-state index contributed by atoms with van der Waals surface area (Å²) in [5.41, 5.74) is 1.57.